The third-order valence-electron chi connectivity index (χ3n) is 2.64. The molecule has 0 radical (unpaired) electrons. The van der Waals surface area contributed by atoms with Crippen molar-refractivity contribution in [3.8, 4) is 6.07 Å². The number of carbonyl (C=O) groups is 1. The van der Waals surface area contributed by atoms with Gasteiger partial charge in [0.05, 0.1) is 13.2 Å². The van der Waals surface area contributed by atoms with Crippen molar-refractivity contribution >= 4 is 5.97 Å². The first-order valence-corrected chi connectivity index (χ1v) is 5.76. The van der Waals surface area contributed by atoms with Gasteiger partial charge in [-0.3, -0.25) is 4.79 Å². The van der Waals surface area contributed by atoms with Gasteiger partial charge in [-0.15, -0.1) is 0 Å². The Morgan fingerprint density at radius 2 is 1.94 bits per heavy atom. The van der Waals surface area contributed by atoms with Crippen LogP contribution in [0, 0.1) is 17.2 Å². The number of nitriles is 1. The molecule has 0 amide bonds. The Kier molecular flexibility index (Phi) is 5.22. The van der Waals surface area contributed by atoms with Crippen molar-refractivity contribution in [3.63, 3.8) is 0 Å². The number of aryl methyl sites for hydroxylation is 1. The summed E-state index contributed by atoms with van der Waals surface area (Å²) in [5.74, 6) is -1.18. The number of hydrogen-bond donors (Lipinski definition) is 0. The molecular weight excluding hydrogens is 214 g/mol. The summed E-state index contributed by atoms with van der Waals surface area (Å²) in [6.07, 6.45) is 2.58. The Morgan fingerprint density at radius 1 is 1.35 bits per heavy atom. The minimum absolute atomic E-state index is 0.412. The van der Waals surface area contributed by atoms with Crippen molar-refractivity contribution < 1.29 is 9.53 Å². The van der Waals surface area contributed by atoms with Gasteiger partial charge in [0.25, 0.3) is 0 Å². The van der Waals surface area contributed by atoms with E-state index < -0.39 is 11.9 Å². The molecule has 0 bridgehead atoms. The highest BCUT2D eigenvalue weighted by Crippen LogP contribution is 2.12. The summed E-state index contributed by atoms with van der Waals surface area (Å²) in [6.45, 7) is 2.14. The molecule has 90 valence electrons. The summed E-state index contributed by atoms with van der Waals surface area (Å²) in [7, 11) is 1.30. The highest BCUT2D eigenvalue weighted by molar-refractivity contribution is 5.75. The summed E-state index contributed by atoms with van der Waals surface area (Å²) >= 11 is 0. The van der Waals surface area contributed by atoms with Gasteiger partial charge in [0.2, 0.25) is 0 Å². The number of esters is 1. The number of hydrogen-bond acceptors (Lipinski definition) is 3. The van der Waals surface area contributed by atoms with Crippen LogP contribution in [0.15, 0.2) is 24.3 Å². The van der Waals surface area contributed by atoms with Gasteiger partial charge < -0.3 is 4.74 Å². The summed E-state index contributed by atoms with van der Waals surface area (Å²) < 4.78 is 4.58. The van der Waals surface area contributed by atoms with Crippen LogP contribution in [0.4, 0.5) is 0 Å². The zero-order valence-corrected chi connectivity index (χ0v) is 10.3. The highest BCUT2D eigenvalue weighted by atomic mass is 16.5. The Bertz CT molecular complexity index is 403. The van der Waals surface area contributed by atoms with Crippen LogP contribution in [0.3, 0.4) is 0 Å². The van der Waals surface area contributed by atoms with Gasteiger partial charge in [0, 0.05) is 0 Å². The molecule has 0 fully saturated rings. The first kappa shape index (κ1) is 13.2. The Labute approximate surface area is 102 Å². The van der Waals surface area contributed by atoms with Crippen LogP contribution in [0.1, 0.15) is 24.5 Å². The third kappa shape index (κ3) is 3.92. The first-order chi connectivity index (χ1) is 8.21. The number of methoxy groups -OCH3 is 1. The van der Waals surface area contributed by atoms with Crippen LogP contribution in [-0.2, 0) is 22.4 Å². The number of benzene rings is 1. The van der Waals surface area contributed by atoms with Gasteiger partial charge in [-0.2, -0.15) is 5.26 Å². The van der Waals surface area contributed by atoms with E-state index in [-0.39, 0.29) is 0 Å². The number of nitrogens with zero attached hydrogens (tertiary/aromatic N) is 1. The second kappa shape index (κ2) is 6.70. The fourth-order valence-corrected chi connectivity index (χ4v) is 1.69. The zero-order valence-electron chi connectivity index (χ0n) is 10.3. The van der Waals surface area contributed by atoms with Crippen molar-refractivity contribution in [3.05, 3.63) is 35.4 Å². The molecule has 0 saturated heterocycles. The Balaban J connectivity index is 2.68. The van der Waals surface area contributed by atoms with E-state index in [4.69, 9.17) is 5.26 Å². The molecule has 0 aliphatic heterocycles. The molecule has 0 heterocycles. The van der Waals surface area contributed by atoms with E-state index in [9.17, 15) is 4.79 Å². The van der Waals surface area contributed by atoms with Gasteiger partial charge in [0.15, 0.2) is 0 Å². The third-order valence-corrected chi connectivity index (χ3v) is 2.64. The van der Waals surface area contributed by atoms with E-state index in [0.717, 1.165) is 18.4 Å². The molecule has 0 spiro atoms. The van der Waals surface area contributed by atoms with Crippen molar-refractivity contribution in [2.24, 2.45) is 5.92 Å². The van der Waals surface area contributed by atoms with Gasteiger partial charge in [-0.05, 0) is 24.0 Å². The van der Waals surface area contributed by atoms with E-state index in [1.165, 1.54) is 12.7 Å². The van der Waals surface area contributed by atoms with Crippen LogP contribution in [0.5, 0.6) is 0 Å². The molecular formula is C14H17NO2. The lowest BCUT2D eigenvalue weighted by atomic mass is 9.99. The molecule has 0 aliphatic carbocycles. The minimum Gasteiger partial charge on any atom is -0.468 e. The van der Waals surface area contributed by atoms with Crippen LogP contribution in [0.25, 0.3) is 0 Å². The lowest BCUT2D eigenvalue weighted by Crippen LogP contribution is -2.16. The fraction of sp³-hybridized carbons (Fsp3) is 0.429. The lowest BCUT2D eigenvalue weighted by Gasteiger charge is -2.07. The largest absolute Gasteiger partial charge is 0.468 e. The van der Waals surface area contributed by atoms with Crippen LogP contribution < -0.4 is 0 Å². The lowest BCUT2D eigenvalue weighted by molar-refractivity contribution is -0.143. The molecule has 3 nitrogen and oxygen atoms in total. The molecule has 0 aliphatic rings. The maximum Gasteiger partial charge on any atom is 0.323 e. The molecule has 0 saturated carbocycles. The van der Waals surface area contributed by atoms with Crippen molar-refractivity contribution in [2.75, 3.05) is 7.11 Å². The molecule has 1 atom stereocenters. The summed E-state index contributed by atoms with van der Waals surface area (Å²) in [5.41, 5.74) is 2.27. The predicted octanol–water partition coefficient (Wildman–Crippen LogP) is 2.49. The topological polar surface area (TPSA) is 50.1 Å². The number of rotatable bonds is 5. The molecule has 1 aromatic carbocycles. The number of carbonyl (C=O) groups excluding carboxylic acids is 1. The second-order valence-electron chi connectivity index (χ2n) is 3.98. The summed E-state index contributed by atoms with van der Waals surface area (Å²) in [4.78, 5) is 11.3. The zero-order chi connectivity index (χ0) is 12.7. The molecule has 1 aromatic rings. The maximum atomic E-state index is 11.3. The summed E-state index contributed by atoms with van der Waals surface area (Å²) in [6, 6.07) is 10.00. The van der Waals surface area contributed by atoms with Gasteiger partial charge in [0.1, 0.15) is 5.92 Å². The van der Waals surface area contributed by atoms with Gasteiger partial charge in [-0.25, -0.2) is 0 Å². The number of ether oxygens (including phenoxy) is 1. The van der Waals surface area contributed by atoms with Gasteiger partial charge in [-0.1, -0.05) is 37.6 Å². The van der Waals surface area contributed by atoms with E-state index >= 15 is 0 Å². The standard InChI is InChI=1S/C14H17NO2/c1-3-4-11-5-7-12(8-6-11)9-13(10-15)14(16)17-2/h5-8,13H,3-4,9H2,1-2H3. The highest BCUT2D eigenvalue weighted by Gasteiger charge is 2.18. The van der Waals surface area contributed by atoms with E-state index in [1.54, 1.807) is 0 Å². The fourth-order valence-electron chi connectivity index (χ4n) is 1.69. The van der Waals surface area contributed by atoms with Crippen molar-refractivity contribution in [1.82, 2.24) is 0 Å². The second-order valence-corrected chi connectivity index (χ2v) is 3.98. The van der Waals surface area contributed by atoms with E-state index in [0.29, 0.717) is 6.42 Å². The normalized spacial score (nSPS) is 11.6. The molecule has 3 heteroatoms. The smallest absolute Gasteiger partial charge is 0.323 e. The maximum absolute atomic E-state index is 11.3. The quantitative estimate of drug-likeness (QED) is 0.731. The van der Waals surface area contributed by atoms with Crippen molar-refractivity contribution in [2.45, 2.75) is 26.2 Å². The Hall–Kier alpha value is -1.82. The van der Waals surface area contributed by atoms with Crippen LogP contribution in [-0.4, -0.2) is 13.1 Å². The van der Waals surface area contributed by atoms with E-state index in [2.05, 4.69) is 11.7 Å². The average molecular weight is 231 g/mol. The SMILES string of the molecule is CCCc1ccc(CC(C#N)C(=O)OC)cc1. The first-order valence-electron chi connectivity index (χ1n) is 5.76. The molecule has 0 aromatic heterocycles. The molecule has 1 unspecified atom stereocenters. The molecule has 1 rings (SSSR count). The average Bonchev–Trinajstić information content (AvgIpc) is 2.37. The van der Waals surface area contributed by atoms with E-state index in [1.807, 2.05) is 30.3 Å². The molecule has 17 heavy (non-hydrogen) atoms. The monoisotopic (exact) mass is 231 g/mol. The van der Waals surface area contributed by atoms with Crippen molar-refractivity contribution in [1.29, 1.82) is 5.26 Å². The van der Waals surface area contributed by atoms with Crippen LogP contribution >= 0.6 is 0 Å². The minimum atomic E-state index is -0.711. The van der Waals surface area contributed by atoms with Crippen LogP contribution in [0.2, 0.25) is 0 Å². The Morgan fingerprint density at radius 3 is 2.41 bits per heavy atom. The summed E-state index contributed by atoms with van der Waals surface area (Å²) in [5, 5.41) is 8.88. The predicted molar refractivity (Wildman–Crippen MR) is 65.3 cm³/mol. The molecule has 0 N–H and O–H groups in total. The van der Waals surface area contributed by atoms with Gasteiger partial charge >= 0.3 is 5.97 Å².